The largest absolute Gasteiger partial charge is 0.484 e. The molecule has 0 aromatic heterocycles. The van der Waals surface area contributed by atoms with E-state index in [9.17, 15) is 9.59 Å². The lowest BCUT2D eigenvalue weighted by Crippen LogP contribution is -2.46. The number of piperidine rings is 1. The first-order chi connectivity index (χ1) is 13.7. The van der Waals surface area contributed by atoms with Crippen LogP contribution in [0.4, 0.5) is 4.79 Å². The van der Waals surface area contributed by atoms with Crippen molar-refractivity contribution in [3.63, 3.8) is 0 Å². The minimum absolute atomic E-state index is 0.0290. The van der Waals surface area contributed by atoms with Crippen LogP contribution in [0.1, 0.15) is 51.4 Å². The zero-order valence-corrected chi connectivity index (χ0v) is 16.7. The summed E-state index contributed by atoms with van der Waals surface area (Å²) in [6.07, 6.45) is 9.03. The van der Waals surface area contributed by atoms with E-state index < -0.39 is 0 Å². The van der Waals surface area contributed by atoms with Crippen molar-refractivity contribution in [2.24, 2.45) is 5.92 Å². The SMILES string of the molecule is O=C(NCC1CCN(C(=O)COc2ccccc2)CC1)NC1CCCCCC1. The number of likely N-dealkylation sites (tertiary alicyclic amines) is 1. The predicted octanol–water partition coefficient (Wildman–Crippen LogP) is 3.33. The molecule has 3 rings (SSSR count). The third-order valence-electron chi connectivity index (χ3n) is 5.81. The van der Waals surface area contributed by atoms with Gasteiger partial charge in [0.1, 0.15) is 5.75 Å². The number of amides is 3. The van der Waals surface area contributed by atoms with Crippen LogP contribution in [0.25, 0.3) is 0 Å². The first-order valence-electron chi connectivity index (χ1n) is 10.7. The molecule has 6 heteroatoms. The summed E-state index contributed by atoms with van der Waals surface area (Å²) < 4.78 is 5.55. The Kier molecular flexibility index (Phi) is 8.00. The second kappa shape index (κ2) is 10.9. The first-order valence-corrected chi connectivity index (χ1v) is 10.7. The van der Waals surface area contributed by atoms with Crippen LogP contribution < -0.4 is 15.4 Å². The van der Waals surface area contributed by atoms with Crippen LogP contribution >= 0.6 is 0 Å². The maximum Gasteiger partial charge on any atom is 0.315 e. The van der Waals surface area contributed by atoms with Gasteiger partial charge in [0.15, 0.2) is 6.61 Å². The Bertz CT molecular complexity index is 607. The smallest absolute Gasteiger partial charge is 0.315 e. The number of para-hydroxylation sites is 1. The molecule has 3 amide bonds. The van der Waals surface area contributed by atoms with Crippen molar-refractivity contribution in [1.82, 2.24) is 15.5 Å². The highest BCUT2D eigenvalue weighted by Crippen LogP contribution is 2.18. The van der Waals surface area contributed by atoms with Gasteiger partial charge in [-0.1, -0.05) is 43.9 Å². The average molecular weight is 388 g/mol. The van der Waals surface area contributed by atoms with Gasteiger partial charge >= 0.3 is 6.03 Å². The Morgan fingerprint density at radius 3 is 2.32 bits per heavy atom. The number of carbonyl (C=O) groups is 2. The summed E-state index contributed by atoms with van der Waals surface area (Å²) in [4.78, 5) is 26.3. The van der Waals surface area contributed by atoms with Crippen LogP contribution in [0.3, 0.4) is 0 Å². The molecular weight excluding hydrogens is 354 g/mol. The Balaban J connectivity index is 1.30. The van der Waals surface area contributed by atoms with Crippen molar-refractivity contribution in [3.05, 3.63) is 30.3 Å². The van der Waals surface area contributed by atoms with Crippen molar-refractivity contribution in [2.45, 2.75) is 57.4 Å². The van der Waals surface area contributed by atoms with Gasteiger partial charge in [-0.25, -0.2) is 4.79 Å². The number of hydrogen-bond donors (Lipinski definition) is 2. The second-order valence-corrected chi connectivity index (χ2v) is 7.97. The molecule has 28 heavy (non-hydrogen) atoms. The maximum absolute atomic E-state index is 12.3. The molecule has 0 unspecified atom stereocenters. The van der Waals surface area contributed by atoms with E-state index in [1.807, 2.05) is 35.2 Å². The van der Waals surface area contributed by atoms with E-state index in [0.29, 0.717) is 18.5 Å². The van der Waals surface area contributed by atoms with E-state index in [0.717, 1.165) is 44.5 Å². The number of urea groups is 1. The molecule has 2 aliphatic rings. The van der Waals surface area contributed by atoms with Crippen LogP contribution in [0.5, 0.6) is 5.75 Å². The zero-order chi connectivity index (χ0) is 19.6. The van der Waals surface area contributed by atoms with Crippen molar-refractivity contribution >= 4 is 11.9 Å². The minimum Gasteiger partial charge on any atom is -0.484 e. The fourth-order valence-corrected chi connectivity index (χ4v) is 4.04. The minimum atomic E-state index is -0.0401. The molecule has 154 valence electrons. The summed E-state index contributed by atoms with van der Waals surface area (Å²) in [5, 5.41) is 6.16. The summed E-state index contributed by atoms with van der Waals surface area (Å²) in [7, 11) is 0. The monoisotopic (exact) mass is 387 g/mol. The van der Waals surface area contributed by atoms with Crippen molar-refractivity contribution < 1.29 is 14.3 Å². The lowest BCUT2D eigenvalue weighted by Gasteiger charge is -2.32. The summed E-state index contributed by atoms with van der Waals surface area (Å²) in [6.45, 7) is 2.22. The zero-order valence-electron chi connectivity index (χ0n) is 16.7. The molecule has 0 atom stereocenters. The van der Waals surface area contributed by atoms with Gasteiger partial charge in [0.25, 0.3) is 5.91 Å². The summed E-state index contributed by atoms with van der Waals surface area (Å²) >= 11 is 0. The van der Waals surface area contributed by atoms with Gasteiger partial charge in [-0.2, -0.15) is 0 Å². The molecule has 2 N–H and O–H groups in total. The molecule has 0 spiro atoms. The lowest BCUT2D eigenvalue weighted by molar-refractivity contribution is -0.134. The Labute approximate surface area is 168 Å². The average Bonchev–Trinajstić information content (AvgIpc) is 3.00. The highest BCUT2D eigenvalue weighted by molar-refractivity contribution is 5.78. The number of benzene rings is 1. The third kappa shape index (κ3) is 6.73. The Hall–Kier alpha value is -2.24. The van der Waals surface area contributed by atoms with Gasteiger partial charge in [0.2, 0.25) is 0 Å². The van der Waals surface area contributed by atoms with Gasteiger partial charge in [-0.15, -0.1) is 0 Å². The predicted molar refractivity (Wildman–Crippen MR) is 109 cm³/mol. The summed E-state index contributed by atoms with van der Waals surface area (Å²) in [5.74, 6) is 1.18. The molecular formula is C22H33N3O3. The molecule has 0 bridgehead atoms. The first kappa shape index (κ1) is 20.5. The number of rotatable bonds is 6. The van der Waals surface area contributed by atoms with E-state index in [2.05, 4.69) is 10.6 Å². The topological polar surface area (TPSA) is 70.7 Å². The van der Waals surface area contributed by atoms with E-state index >= 15 is 0 Å². The number of nitrogens with one attached hydrogen (secondary N) is 2. The van der Waals surface area contributed by atoms with E-state index in [1.54, 1.807) is 0 Å². The second-order valence-electron chi connectivity index (χ2n) is 7.97. The summed E-state index contributed by atoms with van der Waals surface area (Å²) in [6, 6.07) is 9.70. The van der Waals surface area contributed by atoms with Crippen LogP contribution in [-0.2, 0) is 4.79 Å². The highest BCUT2D eigenvalue weighted by atomic mass is 16.5. The van der Waals surface area contributed by atoms with Crippen LogP contribution in [0, 0.1) is 5.92 Å². The maximum atomic E-state index is 12.3. The molecule has 1 aliphatic heterocycles. The molecule has 0 radical (unpaired) electrons. The van der Waals surface area contributed by atoms with Crippen LogP contribution in [-0.4, -0.2) is 49.1 Å². The quantitative estimate of drug-likeness (QED) is 0.736. The van der Waals surface area contributed by atoms with Crippen molar-refractivity contribution in [1.29, 1.82) is 0 Å². The number of hydrogen-bond acceptors (Lipinski definition) is 3. The number of ether oxygens (including phenoxy) is 1. The Morgan fingerprint density at radius 1 is 0.964 bits per heavy atom. The van der Waals surface area contributed by atoms with Gasteiger partial charge in [0, 0.05) is 25.7 Å². The third-order valence-corrected chi connectivity index (χ3v) is 5.81. The molecule has 1 aromatic carbocycles. The van der Waals surface area contributed by atoms with E-state index in [1.165, 1.54) is 25.7 Å². The number of carbonyl (C=O) groups excluding carboxylic acids is 2. The molecule has 6 nitrogen and oxygen atoms in total. The van der Waals surface area contributed by atoms with Crippen LogP contribution in [0.15, 0.2) is 30.3 Å². The van der Waals surface area contributed by atoms with Gasteiger partial charge in [-0.3, -0.25) is 4.79 Å². The van der Waals surface area contributed by atoms with E-state index in [4.69, 9.17) is 4.74 Å². The fraction of sp³-hybridized carbons (Fsp3) is 0.636. The normalized spacial score (nSPS) is 18.9. The molecule has 1 saturated heterocycles. The fourth-order valence-electron chi connectivity index (χ4n) is 4.04. The van der Waals surface area contributed by atoms with Crippen LogP contribution in [0.2, 0.25) is 0 Å². The summed E-state index contributed by atoms with van der Waals surface area (Å²) in [5.41, 5.74) is 0. The standard InChI is InChI=1S/C22H33N3O3/c26-21(17-28-20-10-6-3-7-11-20)25-14-12-18(13-15-25)16-23-22(27)24-19-8-4-1-2-5-9-19/h3,6-7,10-11,18-19H,1-2,4-5,8-9,12-17H2,(H2,23,24,27). The number of nitrogens with zero attached hydrogens (tertiary/aromatic N) is 1. The molecule has 1 aliphatic carbocycles. The van der Waals surface area contributed by atoms with E-state index in [-0.39, 0.29) is 18.5 Å². The van der Waals surface area contributed by atoms with Gasteiger partial charge in [-0.05, 0) is 43.7 Å². The molecule has 1 heterocycles. The highest BCUT2D eigenvalue weighted by Gasteiger charge is 2.23. The van der Waals surface area contributed by atoms with Gasteiger partial charge < -0.3 is 20.3 Å². The lowest BCUT2D eigenvalue weighted by atomic mass is 9.97. The molecule has 2 fully saturated rings. The van der Waals surface area contributed by atoms with Crippen molar-refractivity contribution in [2.75, 3.05) is 26.2 Å². The van der Waals surface area contributed by atoms with Crippen molar-refractivity contribution in [3.8, 4) is 5.75 Å². The Morgan fingerprint density at radius 2 is 1.64 bits per heavy atom. The molecule has 1 aromatic rings. The van der Waals surface area contributed by atoms with Gasteiger partial charge in [0.05, 0.1) is 0 Å². The molecule has 1 saturated carbocycles.